The van der Waals surface area contributed by atoms with E-state index in [9.17, 15) is 0 Å². The zero-order chi connectivity index (χ0) is 17.8. The Kier molecular flexibility index (Phi) is 10.5. The van der Waals surface area contributed by atoms with Gasteiger partial charge in [-0.05, 0) is 0 Å². The fourth-order valence-corrected chi connectivity index (χ4v) is 14.7. The van der Waals surface area contributed by atoms with Crippen molar-refractivity contribution in [3.8, 4) is 0 Å². The molecule has 0 aliphatic carbocycles. The molecule has 0 aliphatic rings. The molecule has 0 N–H and O–H groups in total. The van der Waals surface area contributed by atoms with Gasteiger partial charge in [0.05, 0.1) is 0 Å². The Morgan fingerprint density at radius 2 is 1.28 bits per heavy atom. The van der Waals surface area contributed by atoms with Crippen LogP contribution in [0.5, 0.6) is 0 Å². The fraction of sp³-hybridized carbons (Fsp3) is 0.455. The molecular weight excluding hydrogens is 453 g/mol. The molecule has 0 aliphatic heterocycles. The number of benzene rings is 2. The van der Waals surface area contributed by atoms with Crippen molar-refractivity contribution in [3.05, 3.63) is 71.8 Å². The van der Waals surface area contributed by atoms with Gasteiger partial charge in [-0.25, -0.2) is 0 Å². The van der Waals surface area contributed by atoms with E-state index in [0.29, 0.717) is 0 Å². The summed E-state index contributed by atoms with van der Waals surface area (Å²) < 4.78 is -0.911. The quantitative estimate of drug-likeness (QED) is 0.192. The van der Waals surface area contributed by atoms with Crippen LogP contribution in [0.15, 0.2) is 60.7 Å². The monoisotopic (exact) mass is 486 g/mol. The fourth-order valence-electron chi connectivity index (χ4n) is 2.89. The van der Waals surface area contributed by atoms with Crippen molar-refractivity contribution in [3.63, 3.8) is 0 Å². The summed E-state index contributed by atoms with van der Waals surface area (Å²) in [5, 5.41) is 1.47. The Labute approximate surface area is 168 Å². The van der Waals surface area contributed by atoms with Crippen LogP contribution >= 0.6 is 4.20 Å². The number of hydrogen-bond donors (Lipinski definition) is 0. The summed E-state index contributed by atoms with van der Waals surface area (Å²) in [6.07, 6.45) is 10.9. The van der Waals surface area contributed by atoms with Crippen molar-refractivity contribution in [2.24, 2.45) is 0 Å². The molecule has 2 aromatic carbocycles. The number of rotatable bonds is 12. The van der Waals surface area contributed by atoms with Crippen molar-refractivity contribution in [2.75, 3.05) is 12.3 Å². The number of hydrogen-bond acceptors (Lipinski definition) is 0. The molecule has 0 heterocycles. The first-order valence-corrected chi connectivity index (χ1v) is 17.3. The molecule has 0 spiro atoms. The van der Waals surface area contributed by atoms with Gasteiger partial charge in [-0.15, -0.1) is 0 Å². The summed E-state index contributed by atoms with van der Waals surface area (Å²) in [4.78, 5) is 0. The van der Waals surface area contributed by atoms with Crippen LogP contribution in [-0.2, 0) is 12.8 Å². The molecule has 0 atom stereocenters. The number of unbranched alkanes of at least 4 members (excludes halogenated alkanes) is 3. The van der Waals surface area contributed by atoms with E-state index in [2.05, 4.69) is 82.7 Å². The minimum atomic E-state index is -0.911. The van der Waals surface area contributed by atoms with E-state index < -0.39 is 4.20 Å². The second-order valence-electron chi connectivity index (χ2n) is 6.63. The van der Waals surface area contributed by atoms with E-state index >= 15 is 0 Å². The predicted molar refractivity (Wildman–Crippen MR) is 117 cm³/mol. The maximum absolute atomic E-state index is 3.76. The van der Waals surface area contributed by atoms with Gasteiger partial charge in [0, 0.05) is 0 Å². The van der Waals surface area contributed by atoms with Crippen LogP contribution in [0.4, 0.5) is 0 Å². The normalized spacial score (nSPS) is 11.6. The molecule has 0 saturated carbocycles. The molecule has 0 fully saturated rings. The molecule has 0 unspecified atom stereocenters. The van der Waals surface area contributed by atoms with Gasteiger partial charge < -0.3 is 0 Å². The van der Waals surface area contributed by atoms with E-state index in [4.69, 9.17) is 0 Å². The Bertz CT molecular complexity index is 577. The molecule has 0 bridgehead atoms. The number of aryl methyl sites for hydroxylation is 2. The zero-order valence-corrected chi connectivity index (χ0v) is 19.7. The van der Waals surface area contributed by atoms with E-state index in [-0.39, 0.29) is 0 Å². The average molecular weight is 484 g/mol. The summed E-state index contributed by atoms with van der Waals surface area (Å²) in [6, 6.07) is 22.1. The standard InChI is InChI=1S/C22H31PSe2/c1-2-3-4-11-20-25-23(24,18-16-21-12-7-5-8-13-21)19-17-22-14-9-6-10-15-22/h5-10,12-15H,2-4,11,16-20H2,1H3. The summed E-state index contributed by atoms with van der Waals surface area (Å²) >= 11 is 4.56. The zero-order valence-electron chi connectivity index (χ0n) is 15.4. The van der Waals surface area contributed by atoms with Crippen LogP contribution in [0.1, 0.15) is 43.7 Å². The first kappa shape index (κ1) is 21.2. The van der Waals surface area contributed by atoms with Gasteiger partial charge in [-0.2, -0.15) is 0 Å². The predicted octanol–water partition coefficient (Wildman–Crippen LogP) is 6.19. The third-order valence-electron chi connectivity index (χ3n) is 4.49. The van der Waals surface area contributed by atoms with E-state index in [0.717, 1.165) is 14.5 Å². The van der Waals surface area contributed by atoms with Gasteiger partial charge in [0.25, 0.3) is 0 Å². The average Bonchev–Trinajstić information content (AvgIpc) is 2.67. The Morgan fingerprint density at radius 3 is 1.76 bits per heavy atom. The second kappa shape index (κ2) is 12.3. The Hall–Kier alpha value is -0.0910. The summed E-state index contributed by atoms with van der Waals surface area (Å²) in [5.41, 5.74) is 3.01. The van der Waals surface area contributed by atoms with Crippen molar-refractivity contribution in [1.29, 1.82) is 0 Å². The Balaban J connectivity index is 1.90. The summed E-state index contributed by atoms with van der Waals surface area (Å²) in [5.74, 6) is 0. The molecule has 0 radical (unpaired) electrons. The molecule has 0 saturated heterocycles. The van der Waals surface area contributed by atoms with E-state index in [1.54, 1.807) is 0 Å². The molecular formula is C22H31PSe2. The van der Waals surface area contributed by atoms with Gasteiger partial charge in [0.15, 0.2) is 0 Å². The molecule has 136 valence electrons. The minimum absolute atomic E-state index is 0.796. The van der Waals surface area contributed by atoms with Crippen LogP contribution in [0.2, 0.25) is 5.32 Å². The van der Waals surface area contributed by atoms with Crippen LogP contribution in [0, 0.1) is 0 Å². The first-order valence-electron chi connectivity index (χ1n) is 9.52. The van der Waals surface area contributed by atoms with Gasteiger partial charge >= 0.3 is 169 Å². The molecule has 2 aromatic rings. The summed E-state index contributed by atoms with van der Waals surface area (Å²) in [6.45, 7) is 2.30. The van der Waals surface area contributed by atoms with Crippen molar-refractivity contribution in [1.82, 2.24) is 0 Å². The van der Waals surface area contributed by atoms with Crippen LogP contribution in [0.25, 0.3) is 0 Å². The van der Waals surface area contributed by atoms with Gasteiger partial charge in [-0.1, -0.05) is 0 Å². The SMILES string of the molecule is CCCCCC[Se]P(=[Se])(CCc1ccccc1)CCc1ccccc1. The van der Waals surface area contributed by atoms with Crippen LogP contribution in [-0.4, -0.2) is 41.9 Å². The van der Waals surface area contributed by atoms with Crippen molar-refractivity contribution < 1.29 is 0 Å². The second-order valence-corrected chi connectivity index (χ2v) is 24.2. The van der Waals surface area contributed by atoms with Gasteiger partial charge in [0.1, 0.15) is 0 Å². The van der Waals surface area contributed by atoms with Crippen LogP contribution < -0.4 is 0 Å². The molecule has 0 aromatic heterocycles. The molecule has 0 amide bonds. The maximum atomic E-state index is 3.76. The third kappa shape index (κ3) is 8.90. The third-order valence-corrected chi connectivity index (χ3v) is 19.7. The summed E-state index contributed by atoms with van der Waals surface area (Å²) in [7, 11) is 0. The van der Waals surface area contributed by atoms with Gasteiger partial charge in [0.2, 0.25) is 0 Å². The Morgan fingerprint density at radius 1 is 0.760 bits per heavy atom. The first-order chi connectivity index (χ1) is 12.2. The molecule has 0 nitrogen and oxygen atoms in total. The van der Waals surface area contributed by atoms with E-state index in [1.165, 1.54) is 67.3 Å². The van der Waals surface area contributed by atoms with Gasteiger partial charge in [-0.3, -0.25) is 0 Å². The van der Waals surface area contributed by atoms with Crippen molar-refractivity contribution in [2.45, 2.75) is 50.8 Å². The van der Waals surface area contributed by atoms with Crippen molar-refractivity contribution >= 4 is 33.8 Å². The topological polar surface area (TPSA) is 0 Å². The van der Waals surface area contributed by atoms with E-state index in [1.807, 2.05) is 0 Å². The molecule has 25 heavy (non-hydrogen) atoms. The molecule has 2 rings (SSSR count). The molecule has 3 heteroatoms. The van der Waals surface area contributed by atoms with Crippen LogP contribution in [0.3, 0.4) is 0 Å².